The minimum atomic E-state index is -0.717. The number of hydrogen-bond donors (Lipinski definition) is 1. The molecule has 0 unspecified atom stereocenters. The first kappa shape index (κ1) is 26.6. The normalized spacial score (nSPS) is 11.4. The predicted octanol–water partition coefficient (Wildman–Crippen LogP) is 6.87. The molecule has 1 N–H and O–H groups in total. The van der Waals surface area contributed by atoms with E-state index in [4.69, 9.17) is 5.11 Å². The van der Waals surface area contributed by atoms with Gasteiger partial charge in [0.1, 0.15) is 24.1 Å². The molecular formula is C30H27F3N2OS. The fourth-order valence-corrected chi connectivity index (χ4v) is 5.10. The summed E-state index contributed by atoms with van der Waals surface area (Å²) in [5.74, 6) is 3.11. The van der Waals surface area contributed by atoms with Gasteiger partial charge in [0.2, 0.25) is 0 Å². The molecule has 3 aromatic carbocycles. The van der Waals surface area contributed by atoms with E-state index in [1.165, 1.54) is 35.0 Å². The fourth-order valence-electron chi connectivity index (χ4n) is 4.09. The number of aryl methyl sites for hydroxylation is 2. The highest BCUT2D eigenvalue weighted by atomic mass is 32.2. The monoisotopic (exact) mass is 520 g/mol. The van der Waals surface area contributed by atoms with Crippen molar-refractivity contribution < 1.29 is 18.3 Å². The van der Waals surface area contributed by atoms with Gasteiger partial charge < -0.3 is 5.11 Å². The first-order chi connectivity index (χ1) is 17.6. The summed E-state index contributed by atoms with van der Waals surface area (Å²) in [5, 5.41) is 9.36. The summed E-state index contributed by atoms with van der Waals surface area (Å²) in [4.78, 5) is 4.62. The molecule has 0 aliphatic rings. The number of benzene rings is 3. The van der Waals surface area contributed by atoms with E-state index in [0.29, 0.717) is 10.8 Å². The van der Waals surface area contributed by atoms with Crippen molar-refractivity contribution >= 4 is 11.8 Å². The Balaban J connectivity index is 1.75. The molecule has 0 amide bonds. The van der Waals surface area contributed by atoms with Crippen LogP contribution < -0.4 is 0 Å². The molecule has 0 atom stereocenters. The lowest BCUT2D eigenvalue weighted by atomic mass is 9.80. The van der Waals surface area contributed by atoms with E-state index in [2.05, 4.69) is 62.7 Å². The van der Waals surface area contributed by atoms with Gasteiger partial charge in [0, 0.05) is 28.0 Å². The minimum absolute atomic E-state index is 0.00685. The Hall–Kier alpha value is -3.47. The Labute approximate surface area is 219 Å². The third-order valence-electron chi connectivity index (χ3n) is 6.48. The summed E-state index contributed by atoms with van der Waals surface area (Å²) in [6.07, 6.45) is 1.77. The van der Waals surface area contributed by atoms with Gasteiger partial charge in [-0.05, 0) is 66.9 Å². The van der Waals surface area contributed by atoms with Crippen LogP contribution in [0.25, 0.3) is 5.69 Å². The van der Waals surface area contributed by atoms with Crippen LogP contribution in [0, 0.1) is 43.1 Å². The number of aliphatic hydroxyl groups excluding tert-OH is 1. The molecule has 0 saturated carbocycles. The fraction of sp³-hybridized carbons (Fsp3) is 0.233. The second-order valence-corrected chi connectivity index (χ2v) is 10.3. The summed E-state index contributed by atoms with van der Waals surface area (Å²) in [7, 11) is 0. The van der Waals surface area contributed by atoms with E-state index in [1.807, 2.05) is 4.57 Å². The Morgan fingerprint density at radius 3 is 2.24 bits per heavy atom. The number of aliphatic hydroxyl groups is 1. The molecule has 0 aliphatic heterocycles. The highest BCUT2D eigenvalue weighted by molar-refractivity contribution is 7.98. The van der Waals surface area contributed by atoms with Gasteiger partial charge in [-0.25, -0.2) is 18.2 Å². The average molecular weight is 521 g/mol. The van der Waals surface area contributed by atoms with E-state index >= 15 is 0 Å². The number of halogens is 3. The molecule has 0 spiro atoms. The van der Waals surface area contributed by atoms with Gasteiger partial charge in [0.05, 0.1) is 11.9 Å². The van der Waals surface area contributed by atoms with Gasteiger partial charge in [0.15, 0.2) is 5.16 Å². The summed E-state index contributed by atoms with van der Waals surface area (Å²) in [5.41, 5.74) is 4.61. The van der Waals surface area contributed by atoms with Crippen molar-refractivity contribution in [3.05, 3.63) is 112 Å². The van der Waals surface area contributed by atoms with Gasteiger partial charge in [-0.3, -0.25) is 4.57 Å². The summed E-state index contributed by atoms with van der Waals surface area (Å²) >= 11 is 1.19. The third-order valence-corrected chi connectivity index (χ3v) is 7.46. The maximum absolute atomic E-state index is 14.7. The van der Waals surface area contributed by atoms with E-state index in [-0.39, 0.29) is 22.7 Å². The lowest BCUT2D eigenvalue weighted by Crippen LogP contribution is -2.23. The second kappa shape index (κ2) is 10.9. The van der Waals surface area contributed by atoms with Crippen molar-refractivity contribution in [2.45, 2.75) is 44.0 Å². The van der Waals surface area contributed by atoms with Crippen molar-refractivity contribution in [2.75, 3.05) is 6.61 Å². The topological polar surface area (TPSA) is 38.1 Å². The molecule has 37 heavy (non-hydrogen) atoms. The maximum atomic E-state index is 14.7. The van der Waals surface area contributed by atoms with Crippen LogP contribution in [0.4, 0.5) is 13.2 Å². The van der Waals surface area contributed by atoms with Gasteiger partial charge in [-0.2, -0.15) is 0 Å². The van der Waals surface area contributed by atoms with Crippen LogP contribution in [0.15, 0.2) is 66.0 Å². The Kier molecular flexibility index (Phi) is 7.82. The van der Waals surface area contributed by atoms with Crippen LogP contribution in [0.1, 0.15) is 47.4 Å². The first-order valence-corrected chi connectivity index (χ1v) is 12.7. The molecule has 3 nitrogen and oxygen atoms in total. The van der Waals surface area contributed by atoms with E-state index in [0.717, 1.165) is 23.4 Å². The molecule has 0 bridgehead atoms. The smallest absolute Gasteiger partial charge is 0.173 e. The van der Waals surface area contributed by atoms with E-state index < -0.39 is 23.7 Å². The van der Waals surface area contributed by atoms with Crippen molar-refractivity contribution in [1.82, 2.24) is 9.55 Å². The summed E-state index contributed by atoms with van der Waals surface area (Å²) in [6, 6.07) is 14.7. The van der Waals surface area contributed by atoms with Crippen LogP contribution >= 0.6 is 11.8 Å². The molecule has 0 radical (unpaired) electrons. The van der Waals surface area contributed by atoms with Crippen molar-refractivity contribution in [3.8, 4) is 17.5 Å². The van der Waals surface area contributed by atoms with Gasteiger partial charge in [-0.15, -0.1) is 0 Å². The summed E-state index contributed by atoms with van der Waals surface area (Å²) in [6.45, 7) is 7.92. The maximum Gasteiger partial charge on any atom is 0.173 e. The molecule has 1 aromatic heterocycles. The highest BCUT2D eigenvalue weighted by Crippen LogP contribution is 2.37. The molecular weight excluding hydrogens is 493 g/mol. The largest absolute Gasteiger partial charge is 0.384 e. The van der Waals surface area contributed by atoms with E-state index in [9.17, 15) is 13.2 Å². The van der Waals surface area contributed by atoms with Crippen LogP contribution in [-0.2, 0) is 11.2 Å². The van der Waals surface area contributed by atoms with Crippen molar-refractivity contribution in [1.29, 1.82) is 0 Å². The quantitative estimate of drug-likeness (QED) is 0.223. The standard InChI is InChI=1S/C30H27F3N2OS/c1-19-7-8-22(14-20(19)2)30(3,4)28-17-34-29(35(28)24-11-9-23(31)10-12-24)37-18-25-26(32)15-21(6-5-13-36)16-27(25)33/h7-12,14-17,36H,13,18H2,1-4H3. The zero-order chi connectivity index (χ0) is 26.7. The molecule has 0 aliphatic carbocycles. The number of aromatic nitrogens is 2. The molecule has 190 valence electrons. The van der Waals surface area contributed by atoms with Crippen LogP contribution in [0.3, 0.4) is 0 Å². The second-order valence-electron chi connectivity index (χ2n) is 9.33. The van der Waals surface area contributed by atoms with Crippen molar-refractivity contribution in [3.63, 3.8) is 0 Å². The Morgan fingerprint density at radius 2 is 1.62 bits per heavy atom. The summed E-state index contributed by atoms with van der Waals surface area (Å²) < 4.78 is 45.1. The lowest BCUT2D eigenvalue weighted by molar-refractivity contribution is 0.350. The van der Waals surface area contributed by atoms with E-state index in [1.54, 1.807) is 18.3 Å². The van der Waals surface area contributed by atoms with Gasteiger partial charge in [0.25, 0.3) is 0 Å². The predicted molar refractivity (Wildman–Crippen MR) is 141 cm³/mol. The van der Waals surface area contributed by atoms with Gasteiger partial charge >= 0.3 is 0 Å². The number of rotatable bonds is 6. The number of nitrogens with zero attached hydrogens (tertiary/aromatic N) is 2. The highest BCUT2D eigenvalue weighted by Gasteiger charge is 2.30. The lowest BCUT2D eigenvalue weighted by Gasteiger charge is -2.28. The third kappa shape index (κ3) is 5.61. The molecule has 1 heterocycles. The van der Waals surface area contributed by atoms with Gasteiger partial charge in [-0.1, -0.05) is 55.6 Å². The van der Waals surface area contributed by atoms with Crippen LogP contribution in [0.5, 0.6) is 0 Å². The zero-order valence-corrected chi connectivity index (χ0v) is 21.9. The Morgan fingerprint density at radius 1 is 0.946 bits per heavy atom. The molecule has 0 saturated heterocycles. The van der Waals surface area contributed by atoms with Crippen LogP contribution in [0.2, 0.25) is 0 Å². The van der Waals surface area contributed by atoms with Crippen molar-refractivity contribution in [2.24, 2.45) is 0 Å². The minimum Gasteiger partial charge on any atom is -0.384 e. The molecule has 4 aromatic rings. The Bertz CT molecular complexity index is 1470. The SMILES string of the molecule is Cc1ccc(C(C)(C)c2cnc(SCc3c(F)cc(C#CCO)cc3F)n2-c2ccc(F)cc2)cc1C. The van der Waals surface area contributed by atoms with Crippen LogP contribution in [-0.4, -0.2) is 21.3 Å². The number of thioether (sulfide) groups is 1. The average Bonchev–Trinajstić information content (AvgIpc) is 3.29. The first-order valence-electron chi connectivity index (χ1n) is 11.7. The molecule has 7 heteroatoms. The molecule has 4 rings (SSSR count). The zero-order valence-electron chi connectivity index (χ0n) is 21.1. The number of imidazole rings is 1. The molecule has 0 fully saturated rings. The number of hydrogen-bond acceptors (Lipinski definition) is 3.